The highest BCUT2D eigenvalue weighted by molar-refractivity contribution is 7.19. The average molecular weight is 401 g/mol. The van der Waals surface area contributed by atoms with Crippen LogP contribution in [-0.4, -0.2) is 25.4 Å². The number of ether oxygens (including phenoxy) is 2. The summed E-state index contributed by atoms with van der Waals surface area (Å²) in [5.74, 6) is 1.49. The van der Waals surface area contributed by atoms with Crippen molar-refractivity contribution in [3.05, 3.63) is 84.4 Å². The van der Waals surface area contributed by atoms with Crippen molar-refractivity contribution in [1.82, 2.24) is 4.98 Å². The van der Waals surface area contributed by atoms with Gasteiger partial charge in [-0.1, -0.05) is 72.0 Å². The van der Waals surface area contributed by atoms with E-state index >= 15 is 0 Å². The van der Waals surface area contributed by atoms with Crippen LogP contribution in [0.3, 0.4) is 0 Å². The standard InChI is InChI=1S/C24H20N2O2S/c1-27-20-13-14-21(28-2)19(15-20)16-25-24-26-22(17-9-5-3-6-10-17)23(29-24)18-11-7-4-8-12-18/h3-16H,1-2H3. The summed E-state index contributed by atoms with van der Waals surface area (Å²) in [7, 11) is 3.28. The van der Waals surface area contributed by atoms with Crippen LogP contribution in [0, 0.1) is 0 Å². The zero-order chi connectivity index (χ0) is 20.1. The first-order valence-corrected chi connectivity index (χ1v) is 9.98. The number of rotatable bonds is 6. The molecule has 4 aromatic rings. The number of thiazole rings is 1. The van der Waals surface area contributed by atoms with Crippen LogP contribution in [0.2, 0.25) is 0 Å². The Bertz CT molecular complexity index is 1070. The number of methoxy groups -OCH3 is 2. The van der Waals surface area contributed by atoms with E-state index in [0.29, 0.717) is 5.13 Å². The third-order valence-electron chi connectivity index (χ3n) is 4.45. The van der Waals surface area contributed by atoms with Crippen molar-refractivity contribution in [2.45, 2.75) is 0 Å². The van der Waals surface area contributed by atoms with E-state index in [0.717, 1.165) is 38.8 Å². The first-order valence-electron chi connectivity index (χ1n) is 9.16. The number of benzene rings is 3. The molecule has 1 aromatic heterocycles. The summed E-state index contributed by atoms with van der Waals surface area (Å²) in [6.45, 7) is 0. The van der Waals surface area contributed by atoms with Crippen molar-refractivity contribution < 1.29 is 9.47 Å². The molecule has 0 atom stereocenters. The molecule has 29 heavy (non-hydrogen) atoms. The maximum absolute atomic E-state index is 5.44. The lowest BCUT2D eigenvalue weighted by atomic mass is 10.1. The predicted molar refractivity (Wildman–Crippen MR) is 120 cm³/mol. The van der Waals surface area contributed by atoms with Gasteiger partial charge in [0.25, 0.3) is 0 Å². The Morgan fingerprint density at radius 2 is 1.52 bits per heavy atom. The molecular formula is C24H20N2O2S. The van der Waals surface area contributed by atoms with Crippen LogP contribution in [0.4, 0.5) is 5.13 Å². The van der Waals surface area contributed by atoms with Crippen LogP contribution in [0.15, 0.2) is 83.9 Å². The second-order valence-electron chi connectivity index (χ2n) is 6.27. The second-order valence-corrected chi connectivity index (χ2v) is 7.25. The highest BCUT2D eigenvalue weighted by Gasteiger charge is 2.14. The SMILES string of the molecule is COc1ccc(OC)c(C=Nc2nc(-c3ccccc3)c(-c3ccccc3)s2)c1. The summed E-state index contributed by atoms with van der Waals surface area (Å²) in [6, 6.07) is 26.1. The molecule has 0 amide bonds. The molecule has 1 heterocycles. The van der Waals surface area contributed by atoms with E-state index in [4.69, 9.17) is 14.5 Å². The van der Waals surface area contributed by atoms with Crippen molar-refractivity contribution in [2.75, 3.05) is 14.2 Å². The van der Waals surface area contributed by atoms with Gasteiger partial charge >= 0.3 is 0 Å². The molecular weight excluding hydrogens is 380 g/mol. The average Bonchev–Trinajstić information content (AvgIpc) is 3.23. The van der Waals surface area contributed by atoms with Gasteiger partial charge in [-0.05, 0) is 23.8 Å². The summed E-state index contributed by atoms with van der Waals surface area (Å²) in [4.78, 5) is 10.6. The summed E-state index contributed by atoms with van der Waals surface area (Å²) < 4.78 is 10.8. The van der Waals surface area contributed by atoms with Gasteiger partial charge in [-0.2, -0.15) is 0 Å². The van der Waals surface area contributed by atoms with Crippen LogP contribution < -0.4 is 9.47 Å². The van der Waals surface area contributed by atoms with Crippen LogP contribution >= 0.6 is 11.3 Å². The fraction of sp³-hybridized carbons (Fsp3) is 0.0833. The van der Waals surface area contributed by atoms with Crippen molar-refractivity contribution >= 4 is 22.7 Å². The van der Waals surface area contributed by atoms with E-state index in [-0.39, 0.29) is 0 Å². The third kappa shape index (κ3) is 4.20. The predicted octanol–water partition coefficient (Wildman–Crippen LogP) is 6.24. The first-order chi connectivity index (χ1) is 14.3. The molecule has 0 aliphatic heterocycles. The number of aromatic nitrogens is 1. The van der Waals surface area contributed by atoms with E-state index in [1.54, 1.807) is 31.8 Å². The molecule has 144 valence electrons. The van der Waals surface area contributed by atoms with Crippen LogP contribution in [0.1, 0.15) is 5.56 Å². The van der Waals surface area contributed by atoms with Gasteiger partial charge in [-0.15, -0.1) is 0 Å². The maximum atomic E-state index is 5.44. The number of hydrogen-bond donors (Lipinski definition) is 0. The molecule has 0 spiro atoms. The van der Waals surface area contributed by atoms with Crippen molar-refractivity contribution in [3.63, 3.8) is 0 Å². The second kappa shape index (κ2) is 8.71. The summed E-state index contributed by atoms with van der Waals surface area (Å²) >= 11 is 1.57. The monoisotopic (exact) mass is 400 g/mol. The van der Waals surface area contributed by atoms with E-state index in [1.807, 2.05) is 54.6 Å². The lowest BCUT2D eigenvalue weighted by Gasteiger charge is -2.06. The van der Waals surface area contributed by atoms with Gasteiger partial charge in [0.1, 0.15) is 11.5 Å². The normalized spacial score (nSPS) is 11.0. The van der Waals surface area contributed by atoms with Gasteiger partial charge in [0.2, 0.25) is 5.13 Å². The van der Waals surface area contributed by atoms with Gasteiger partial charge < -0.3 is 9.47 Å². The van der Waals surface area contributed by atoms with Gasteiger partial charge in [0, 0.05) is 17.3 Å². The zero-order valence-electron chi connectivity index (χ0n) is 16.2. The third-order valence-corrected chi connectivity index (χ3v) is 5.46. The molecule has 3 aromatic carbocycles. The van der Waals surface area contributed by atoms with E-state index in [1.165, 1.54) is 0 Å². The lowest BCUT2D eigenvalue weighted by molar-refractivity contribution is 0.402. The van der Waals surface area contributed by atoms with E-state index < -0.39 is 0 Å². The van der Waals surface area contributed by atoms with E-state index in [2.05, 4.69) is 29.3 Å². The molecule has 0 saturated heterocycles. The molecule has 0 aliphatic carbocycles. The van der Waals surface area contributed by atoms with Gasteiger partial charge in [-0.25, -0.2) is 9.98 Å². The van der Waals surface area contributed by atoms with E-state index in [9.17, 15) is 0 Å². The molecule has 4 nitrogen and oxygen atoms in total. The molecule has 5 heteroatoms. The molecule has 0 radical (unpaired) electrons. The minimum absolute atomic E-state index is 0.688. The molecule has 0 unspecified atom stereocenters. The summed E-state index contributed by atoms with van der Waals surface area (Å²) in [5.41, 5.74) is 3.98. The Kier molecular flexibility index (Phi) is 5.68. The van der Waals surface area contributed by atoms with Crippen molar-refractivity contribution in [3.8, 4) is 33.2 Å². The zero-order valence-corrected chi connectivity index (χ0v) is 17.0. The largest absolute Gasteiger partial charge is 0.497 e. The number of hydrogen-bond acceptors (Lipinski definition) is 5. The molecule has 0 N–H and O–H groups in total. The molecule has 0 fully saturated rings. The highest BCUT2D eigenvalue weighted by Crippen LogP contribution is 2.40. The van der Waals surface area contributed by atoms with Crippen LogP contribution in [-0.2, 0) is 0 Å². The number of aliphatic imine (C=N–C) groups is 1. The minimum Gasteiger partial charge on any atom is -0.497 e. The Balaban J connectivity index is 1.76. The Hall–Kier alpha value is -3.44. The quantitative estimate of drug-likeness (QED) is 0.360. The van der Waals surface area contributed by atoms with Crippen molar-refractivity contribution in [1.29, 1.82) is 0 Å². The summed E-state index contributed by atoms with van der Waals surface area (Å²) in [6.07, 6.45) is 1.77. The molecule has 0 bridgehead atoms. The Labute approximate surface area is 174 Å². The highest BCUT2D eigenvalue weighted by atomic mass is 32.1. The van der Waals surface area contributed by atoms with Gasteiger partial charge in [0.15, 0.2) is 0 Å². The van der Waals surface area contributed by atoms with Crippen LogP contribution in [0.5, 0.6) is 11.5 Å². The van der Waals surface area contributed by atoms with Crippen LogP contribution in [0.25, 0.3) is 21.7 Å². The number of nitrogens with zero attached hydrogens (tertiary/aromatic N) is 2. The maximum Gasteiger partial charge on any atom is 0.210 e. The van der Waals surface area contributed by atoms with Gasteiger partial charge in [-0.3, -0.25) is 0 Å². The molecule has 0 aliphatic rings. The lowest BCUT2D eigenvalue weighted by Crippen LogP contribution is -1.92. The topological polar surface area (TPSA) is 43.7 Å². The van der Waals surface area contributed by atoms with Crippen molar-refractivity contribution in [2.24, 2.45) is 4.99 Å². The first kappa shape index (κ1) is 18.9. The fourth-order valence-corrected chi connectivity index (χ4v) is 3.94. The molecule has 4 rings (SSSR count). The molecule has 0 saturated carbocycles. The fourth-order valence-electron chi connectivity index (χ4n) is 3.01. The summed E-state index contributed by atoms with van der Waals surface area (Å²) in [5, 5.41) is 0.688. The smallest absolute Gasteiger partial charge is 0.210 e. The Morgan fingerprint density at radius 1 is 0.828 bits per heavy atom. The Morgan fingerprint density at radius 3 is 2.17 bits per heavy atom. The van der Waals surface area contributed by atoms with Gasteiger partial charge in [0.05, 0.1) is 24.8 Å². The minimum atomic E-state index is 0.688.